The van der Waals surface area contributed by atoms with Gasteiger partial charge in [-0.3, -0.25) is 14.0 Å². The van der Waals surface area contributed by atoms with Crippen LogP contribution in [0.5, 0.6) is 0 Å². The lowest BCUT2D eigenvalue weighted by Crippen LogP contribution is -2.13. The van der Waals surface area contributed by atoms with E-state index in [4.69, 9.17) is 0 Å². The minimum atomic E-state index is -0.173. The van der Waals surface area contributed by atoms with Crippen LogP contribution in [0.25, 0.3) is 5.52 Å². The summed E-state index contributed by atoms with van der Waals surface area (Å²) in [4.78, 5) is 22.6. The van der Waals surface area contributed by atoms with Crippen LogP contribution in [0.1, 0.15) is 17.3 Å². The van der Waals surface area contributed by atoms with E-state index in [1.165, 1.54) is 17.4 Å². The van der Waals surface area contributed by atoms with Crippen LogP contribution in [0.15, 0.2) is 41.3 Å². The summed E-state index contributed by atoms with van der Waals surface area (Å²) >= 11 is 0. The first kappa shape index (κ1) is 8.69. The van der Waals surface area contributed by atoms with Gasteiger partial charge in [0.15, 0.2) is 5.78 Å². The van der Waals surface area contributed by atoms with Gasteiger partial charge in [0.25, 0.3) is 5.56 Å². The standard InChI is InChI=1S/C11H9NO2/c1-8(13)9-6-10-4-2-3-5-12(10)11(14)7-9/h2-7H,1H3. The van der Waals surface area contributed by atoms with Crippen molar-refractivity contribution in [2.24, 2.45) is 0 Å². The molecule has 0 spiro atoms. The van der Waals surface area contributed by atoms with Crippen LogP contribution in [0.3, 0.4) is 0 Å². The number of rotatable bonds is 1. The summed E-state index contributed by atoms with van der Waals surface area (Å²) in [7, 11) is 0. The number of nitrogens with zero attached hydrogens (tertiary/aromatic N) is 1. The fourth-order valence-electron chi connectivity index (χ4n) is 1.38. The van der Waals surface area contributed by atoms with E-state index in [1.54, 1.807) is 24.4 Å². The quantitative estimate of drug-likeness (QED) is 0.634. The molecule has 0 saturated carbocycles. The van der Waals surface area contributed by atoms with E-state index in [-0.39, 0.29) is 11.3 Å². The van der Waals surface area contributed by atoms with Gasteiger partial charge in [-0.15, -0.1) is 0 Å². The van der Waals surface area contributed by atoms with Crippen molar-refractivity contribution in [1.29, 1.82) is 0 Å². The minimum Gasteiger partial charge on any atom is -0.295 e. The molecule has 14 heavy (non-hydrogen) atoms. The highest BCUT2D eigenvalue weighted by atomic mass is 16.1. The van der Waals surface area contributed by atoms with Crippen molar-refractivity contribution in [1.82, 2.24) is 4.40 Å². The summed E-state index contributed by atoms with van der Waals surface area (Å²) in [6, 6.07) is 8.48. The average Bonchev–Trinajstić information content (AvgIpc) is 2.17. The number of carbonyl (C=O) groups excluding carboxylic acids is 1. The van der Waals surface area contributed by atoms with E-state index >= 15 is 0 Å². The largest absolute Gasteiger partial charge is 0.295 e. The van der Waals surface area contributed by atoms with Gasteiger partial charge < -0.3 is 0 Å². The molecule has 2 aromatic heterocycles. The van der Waals surface area contributed by atoms with E-state index in [1.807, 2.05) is 6.07 Å². The highest BCUT2D eigenvalue weighted by Gasteiger charge is 2.02. The molecule has 0 aliphatic heterocycles. The van der Waals surface area contributed by atoms with Crippen LogP contribution >= 0.6 is 0 Å². The maximum atomic E-state index is 11.5. The minimum absolute atomic E-state index is 0.0894. The van der Waals surface area contributed by atoms with Crippen molar-refractivity contribution in [2.45, 2.75) is 6.92 Å². The predicted molar refractivity (Wildman–Crippen MR) is 53.7 cm³/mol. The van der Waals surface area contributed by atoms with Gasteiger partial charge in [-0.25, -0.2) is 0 Å². The second-order valence-corrected chi connectivity index (χ2v) is 3.13. The molecule has 0 amide bonds. The molecule has 3 nitrogen and oxygen atoms in total. The molecule has 0 fully saturated rings. The summed E-state index contributed by atoms with van der Waals surface area (Å²) in [5.74, 6) is -0.0894. The molecule has 0 bridgehead atoms. The van der Waals surface area contributed by atoms with E-state index in [0.717, 1.165) is 5.52 Å². The Morgan fingerprint density at radius 2 is 2.07 bits per heavy atom. The zero-order valence-electron chi connectivity index (χ0n) is 7.73. The molecule has 0 aliphatic rings. The monoisotopic (exact) mass is 187 g/mol. The Morgan fingerprint density at radius 3 is 2.79 bits per heavy atom. The normalized spacial score (nSPS) is 10.4. The molecular formula is C11H9NO2. The van der Waals surface area contributed by atoms with Crippen molar-refractivity contribution in [3.63, 3.8) is 0 Å². The molecular weight excluding hydrogens is 178 g/mol. The Balaban J connectivity index is 2.86. The maximum Gasteiger partial charge on any atom is 0.255 e. The molecule has 2 heterocycles. The zero-order valence-corrected chi connectivity index (χ0v) is 7.73. The third kappa shape index (κ3) is 1.33. The lowest BCUT2D eigenvalue weighted by Gasteiger charge is -2.00. The zero-order chi connectivity index (χ0) is 10.1. The fourth-order valence-corrected chi connectivity index (χ4v) is 1.38. The molecule has 0 unspecified atom stereocenters. The molecule has 0 atom stereocenters. The Morgan fingerprint density at radius 1 is 1.29 bits per heavy atom. The van der Waals surface area contributed by atoms with E-state index in [2.05, 4.69) is 0 Å². The van der Waals surface area contributed by atoms with Crippen LogP contribution < -0.4 is 5.56 Å². The van der Waals surface area contributed by atoms with E-state index < -0.39 is 0 Å². The van der Waals surface area contributed by atoms with Crippen LogP contribution in [-0.2, 0) is 0 Å². The van der Waals surface area contributed by atoms with Crippen LogP contribution in [0, 0.1) is 0 Å². The van der Waals surface area contributed by atoms with E-state index in [0.29, 0.717) is 5.56 Å². The van der Waals surface area contributed by atoms with Crippen molar-refractivity contribution in [2.75, 3.05) is 0 Å². The smallest absolute Gasteiger partial charge is 0.255 e. The molecule has 0 aromatic carbocycles. The molecule has 0 aliphatic carbocycles. The summed E-state index contributed by atoms with van der Waals surface area (Å²) in [5.41, 5.74) is 1.03. The predicted octanol–water partition coefficient (Wildman–Crippen LogP) is 1.50. The van der Waals surface area contributed by atoms with Gasteiger partial charge in [0, 0.05) is 23.3 Å². The second kappa shape index (κ2) is 3.10. The van der Waals surface area contributed by atoms with E-state index in [9.17, 15) is 9.59 Å². The maximum absolute atomic E-state index is 11.5. The van der Waals surface area contributed by atoms with Gasteiger partial charge in [-0.1, -0.05) is 6.07 Å². The number of ketones is 1. The first-order chi connectivity index (χ1) is 6.68. The summed E-state index contributed by atoms with van der Waals surface area (Å²) in [5, 5.41) is 0. The third-order valence-corrected chi connectivity index (χ3v) is 2.12. The molecule has 0 N–H and O–H groups in total. The van der Waals surface area contributed by atoms with Gasteiger partial charge in [-0.2, -0.15) is 0 Å². The lowest BCUT2D eigenvalue weighted by molar-refractivity contribution is 0.101. The number of carbonyl (C=O) groups is 1. The number of Topliss-reactive ketones (excluding diaryl/α,β-unsaturated/α-hetero) is 1. The molecule has 2 rings (SSSR count). The van der Waals surface area contributed by atoms with Gasteiger partial charge in [0.2, 0.25) is 0 Å². The van der Waals surface area contributed by atoms with Crippen LogP contribution in [-0.4, -0.2) is 10.2 Å². The Kier molecular flexibility index (Phi) is 1.93. The average molecular weight is 187 g/mol. The second-order valence-electron chi connectivity index (χ2n) is 3.13. The Bertz CT molecular complexity index is 554. The molecule has 3 heteroatoms. The molecule has 0 saturated heterocycles. The summed E-state index contributed by atoms with van der Waals surface area (Å²) in [6.07, 6.45) is 1.68. The van der Waals surface area contributed by atoms with Crippen molar-refractivity contribution >= 4 is 11.3 Å². The lowest BCUT2D eigenvalue weighted by atomic mass is 10.2. The van der Waals surface area contributed by atoms with Crippen molar-refractivity contribution in [3.8, 4) is 0 Å². The number of hydrogen-bond donors (Lipinski definition) is 0. The Hall–Kier alpha value is -1.90. The number of hydrogen-bond acceptors (Lipinski definition) is 2. The van der Waals surface area contributed by atoms with Crippen molar-refractivity contribution < 1.29 is 4.79 Å². The van der Waals surface area contributed by atoms with Gasteiger partial charge in [-0.05, 0) is 25.1 Å². The SMILES string of the molecule is CC(=O)c1cc(=O)n2ccccc2c1. The number of pyridine rings is 2. The fraction of sp³-hybridized carbons (Fsp3) is 0.0909. The highest BCUT2D eigenvalue weighted by Crippen LogP contribution is 2.04. The number of aromatic nitrogens is 1. The highest BCUT2D eigenvalue weighted by molar-refractivity contribution is 5.95. The molecule has 70 valence electrons. The Labute approximate surface area is 80.6 Å². The molecule has 0 radical (unpaired) electrons. The first-order valence-corrected chi connectivity index (χ1v) is 4.31. The van der Waals surface area contributed by atoms with Gasteiger partial charge in [0.1, 0.15) is 0 Å². The van der Waals surface area contributed by atoms with Crippen LogP contribution in [0.4, 0.5) is 0 Å². The molecule has 2 aromatic rings. The van der Waals surface area contributed by atoms with Crippen LogP contribution in [0.2, 0.25) is 0 Å². The number of fused-ring (bicyclic) bond motifs is 1. The summed E-state index contributed by atoms with van der Waals surface area (Å²) in [6.45, 7) is 1.45. The van der Waals surface area contributed by atoms with Gasteiger partial charge in [0.05, 0.1) is 0 Å². The third-order valence-electron chi connectivity index (χ3n) is 2.12. The topological polar surface area (TPSA) is 38.5 Å². The van der Waals surface area contributed by atoms with Crippen molar-refractivity contribution in [3.05, 3.63) is 52.4 Å². The van der Waals surface area contributed by atoms with Gasteiger partial charge >= 0.3 is 0 Å². The first-order valence-electron chi connectivity index (χ1n) is 4.31. The summed E-state index contributed by atoms with van der Waals surface area (Å²) < 4.78 is 1.51.